The first-order chi connectivity index (χ1) is 18.2. The Morgan fingerprint density at radius 3 is 2.34 bits per heavy atom. The van der Waals surface area contributed by atoms with Gasteiger partial charge in [0.2, 0.25) is 5.75 Å². The Bertz CT molecular complexity index is 1510. The highest BCUT2D eigenvalue weighted by atomic mass is 35.5. The zero-order valence-corrected chi connectivity index (χ0v) is 20.4. The third-order valence-electron chi connectivity index (χ3n) is 5.53. The van der Waals surface area contributed by atoms with E-state index >= 15 is 0 Å². The molecule has 2 amide bonds. The predicted octanol–water partition coefficient (Wildman–Crippen LogP) is 7.12. The number of carbonyl (C=O) groups excluding carboxylic acids is 1. The summed E-state index contributed by atoms with van der Waals surface area (Å²) in [4.78, 5) is 16.7. The molecule has 0 bridgehead atoms. The number of fused-ring (bicyclic) bond motifs is 3. The summed E-state index contributed by atoms with van der Waals surface area (Å²) in [5.41, 5.74) is -0.124. The van der Waals surface area contributed by atoms with Gasteiger partial charge in [-0.05, 0) is 48.5 Å². The molecule has 2 N–H and O–H groups in total. The molecule has 0 aliphatic carbocycles. The molecule has 4 aromatic rings. The number of benzene rings is 3. The van der Waals surface area contributed by atoms with Crippen molar-refractivity contribution in [3.8, 4) is 28.7 Å². The Labute approximate surface area is 219 Å². The van der Waals surface area contributed by atoms with Crippen molar-refractivity contribution in [2.75, 3.05) is 31.0 Å². The number of urea groups is 1. The Morgan fingerprint density at radius 2 is 1.63 bits per heavy atom. The highest BCUT2D eigenvalue weighted by molar-refractivity contribution is 6.31. The van der Waals surface area contributed by atoms with Gasteiger partial charge in [-0.25, -0.2) is 4.79 Å². The largest absolute Gasteiger partial charge is 0.493 e. The molecule has 0 saturated heterocycles. The minimum Gasteiger partial charge on any atom is -0.493 e. The van der Waals surface area contributed by atoms with Gasteiger partial charge < -0.3 is 29.6 Å². The topological polar surface area (TPSA) is 90.9 Å². The molecule has 8 nitrogen and oxygen atoms in total. The van der Waals surface area contributed by atoms with Crippen molar-refractivity contribution in [2.45, 2.75) is 6.18 Å². The summed E-state index contributed by atoms with van der Waals surface area (Å²) in [6.07, 6.45) is -3.06. The van der Waals surface area contributed by atoms with E-state index in [1.165, 1.54) is 13.2 Å². The summed E-state index contributed by atoms with van der Waals surface area (Å²) in [5, 5.41) is 5.08. The van der Waals surface area contributed by atoms with Gasteiger partial charge in [-0.2, -0.15) is 13.2 Å². The molecule has 0 saturated carbocycles. The molecule has 0 fully saturated rings. The summed E-state index contributed by atoms with van der Waals surface area (Å²) >= 11 is 5.62. The minimum atomic E-state index is -4.65. The van der Waals surface area contributed by atoms with Crippen molar-refractivity contribution in [3.63, 3.8) is 0 Å². The summed E-state index contributed by atoms with van der Waals surface area (Å²) < 4.78 is 62.3. The van der Waals surface area contributed by atoms with E-state index in [1.807, 2.05) is 0 Å². The number of ether oxygens (including phenoxy) is 4. The van der Waals surface area contributed by atoms with Gasteiger partial charge >= 0.3 is 12.2 Å². The molecule has 3 aromatic carbocycles. The predicted molar refractivity (Wildman–Crippen MR) is 135 cm³/mol. The standard InChI is InChI=1S/C26H19ClF3N3O5/c1-35-21-13-19-22(24-23(21)36-10-11-37-24)20(8-9-31-19)38-16-5-2-14(3-6-16)32-25(34)33-15-4-7-18(27)17(12-15)26(28,29)30/h2-9,12-13H,10-11H2,1H3,(H2,32,33,34). The summed E-state index contributed by atoms with van der Waals surface area (Å²) in [6.45, 7) is 0.744. The molecule has 0 spiro atoms. The van der Waals surface area contributed by atoms with Crippen LogP contribution in [0.1, 0.15) is 5.56 Å². The lowest BCUT2D eigenvalue weighted by Crippen LogP contribution is -2.19. The second kappa shape index (κ2) is 10.2. The van der Waals surface area contributed by atoms with Gasteiger partial charge in [0.25, 0.3) is 0 Å². The quantitative estimate of drug-likeness (QED) is 0.277. The number of rotatable bonds is 5. The normalized spacial score (nSPS) is 12.7. The van der Waals surface area contributed by atoms with E-state index in [-0.39, 0.29) is 5.69 Å². The fourth-order valence-corrected chi connectivity index (χ4v) is 4.08. The van der Waals surface area contributed by atoms with Gasteiger partial charge in [0.05, 0.1) is 28.6 Å². The second-order valence-electron chi connectivity index (χ2n) is 8.04. The van der Waals surface area contributed by atoms with Crippen LogP contribution >= 0.6 is 11.6 Å². The van der Waals surface area contributed by atoms with Crippen molar-refractivity contribution in [1.29, 1.82) is 0 Å². The van der Waals surface area contributed by atoms with Crippen LogP contribution in [0.3, 0.4) is 0 Å². The number of anilines is 2. The van der Waals surface area contributed by atoms with Gasteiger partial charge in [0, 0.05) is 23.6 Å². The minimum absolute atomic E-state index is 0.0603. The molecule has 38 heavy (non-hydrogen) atoms. The second-order valence-corrected chi connectivity index (χ2v) is 8.44. The number of nitrogens with zero attached hydrogens (tertiary/aromatic N) is 1. The van der Waals surface area contributed by atoms with E-state index in [1.54, 1.807) is 42.6 Å². The summed E-state index contributed by atoms with van der Waals surface area (Å²) in [7, 11) is 1.53. The fourth-order valence-electron chi connectivity index (χ4n) is 3.86. The number of alkyl halides is 3. The number of pyridine rings is 1. The average molecular weight is 546 g/mol. The van der Waals surface area contributed by atoms with Crippen molar-refractivity contribution < 1.29 is 36.9 Å². The van der Waals surface area contributed by atoms with Gasteiger partial charge in [-0.15, -0.1) is 0 Å². The monoisotopic (exact) mass is 545 g/mol. The van der Waals surface area contributed by atoms with E-state index in [0.717, 1.165) is 12.1 Å². The van der Waals surface area contributed by atoms with E-state index in [4.69, 9.17) is 30.5 Å². The lowest BCUT2D eigenvalue weighted by atomic mass is 10.1. The first kappa shape index (κ1) is 25.3. The van der Waals surface area contributed by atoms with Crippen LogP contribution in [0.4, 0.5) is 29.3 Å². The van der Waals surface area contributed by atoms with Crippen LogP contribution < -0.4 is 29.6 Å². The Hall–Kier alpha value is -4.38. The van der Waals surface area contributed by atoms with E-state index in [0.29, 0.717) is 58.6 Å². The van der Waals surface area contributed by atoms with Gasteiger partial charge in [-0.3, -0.25) is 4.98 Å². The molecule has 196 valence electrons. The maximum absolute atomic E-state index is 13.1. The lowest BCUT2D eigenvalue weighted by molar-refractivity contribution is -0.137. The number of methoxy groups -OCH3 is 1. The van der Waals surface area contributed by atoms with Gasteiger partial charge in [0.1, 0.15) is 24.7 Å². The number of halogens is 4. The highest BCUT2D eigenvalue weighted by Gasteiger charge is 2.33. The highest BCUT2D eigenvalue weighted by Crippen LogP contribution is 2.48. The number of hydrogen-bond donors (Lipinski definition) is 2. The van der Waals surface area contributed by atoms with Gasteiger partial charge in [-0.1, -0.05) is 11.6 Å². The molecule has 1 aromatic heterocycles. The third kappa shape index (κ3) is 5.18. The van der Waals surface area contributed by atoms with Gasteiger partial charge in [0.15, 0.2) is 11.5 Å². The van der Waals surface area contributed by atoms with Crippen LogP contribution in [0.25, 0.3) is 10.9 Å². The number of carbonyl (C=O) groups is 1. The molecule has 0 radical (unpaired) electrons. The zero-order valence-electron chi connectivity index (χ0n) is 19.7. The van der Waals surface area contributed by atoms with Crippen LogP contribution in [0.15, 0.2) is 60.8 Å². The fraction of sp³-hybridized carbons (Fsp3) is 0.154. The van der Waals surface area contributed by atoms with Crippen LogP contribution in [-0.4, -0.2) is 31.3 Å². The van der Waals surface area contributed by atoms with E-state index in [2.05, 4.69) is 15.6 Å². The number of aromatic nitrogens is 1. The Balaban J connectivity index is 1.31. The summed E-state index contributed by atoms with van der Waals surface area (Å²) in [6, 6.07) is 12.2. The van der Waals surface area contributed by atoms with Crippen molar-refractivity contribution >= 4 is 39.9 Å². The first-order valence-electron chi connectivity index (χ1n) is 11.2. The van der Waals surface area contributed by atoms with E-state index < -0.39 is 22.8 Å². The molecule has 12 heteroatoms. The van der Waals surface area contributed by atoms with Crippen molar-refractivity contribution in [1.82, 2.24) is 4.98 Å². The van der Waals surface area contributed by atoms with Crippen LogP contribution in [0, 0.1) is 0 Å². The van der Waals surface area contributed by atoms with Crippen molar-refractivity contribution in [2.24, 2.45) is 0 Å². The summed E-state index contributed by atoms with van der Waals surface area (Å²) in [5.74, 6) is 2.37. The molecule has 0 atom stereocenters. The van der Waals surface area contributed by atoms with Crippen LogP contribution in [0.5, 0.6) is 28.7 Å². The molecule has 1 aliphatic heterocycles. The maximum atomic E-state index is 13.1. The average Bonchev–Trinajstić information content (AvgIpc) is 2.89. The zero-order chi connectivity index (χ0) is 26.9. The molecule has 2 heterocycles. The molecule has 0 unspecified atom stereocenters. The first-order valence-corrected chi connectivity index (χ1v) is 11.6. The SMILES string of the molecule is COc1cc2nccc(Oc3ccc(NC(=O)Nc4ccc(Cl)c(C(F)(F)F)c4)cc3)c2c2c1OCCO2. The third-order valence-corrected chi connectivity index (χ3v) is 5.86. The molecule has 5 rings (SSSR count). The lowest BCUT2D eigenvalue weighted by Gasteiger charge is -2.23. The molecular formula is C26H19ClF3N3O5. The van der Waals surface area contributed by atoms with Crippen LogP contribution in [-0.2, 0) is 6.18 Å². The van der Waals surface area contributed by atoms with E-state index in [9.17, 15) is 18.0 Å². The number of hydrogen-bond acceptors (Lipinski definition) is 6. The Morgan fingerprint density at radius 1 is 0.947 bits per heavy atom. The smallest absolute Gasteiger partial charge is 0.417 e. The van der Waals surface area contributed by atoms with Crippen LogP contribution in [0.2, 0.25) is 5.02 Å². The Kier molecular flexibility index (Phi) is 6.77. The molecule has 1 aliphatic rings. The maximum Gasteiger partial charge on any atom is 0.417 e. The molecular weight excluding hydrogens is 527 g/mol. The number of amides is 2. The van der Waals surface area contributed by atoms with Crippen molar-refractivity contribution in [3.05, 3.63) is 71.4 Å². The number of nitrogens with one attached hydrogen (secondary N) is 2.